The number of carbonyl (C=O) groups is 1. The van der Waals surface area contributed by atoms with E-state index < -0.39 is 0 Å². The minimum Gasteiger partial charge on any atom is -0.466 e. The van der Waals surface area contributed by atoms with Gasteiger partial charge < -0.3 is 4.74 Å². The first kappa shape index (κ1) is 24.6. The molecular weight excluding hydrogens is 425 g/mol. The van der Waals surface area contributed by atoms with E-state index in [4.69, 9.17) is 4.74 Å². The molecule has 4 heteroatoms. The van der Waals surface area contributed by atoms with E-state index in [1.54, 1.807) is 6.07 Å². The van der Waals surface area contributed by atoms with Crippen molar-refractivity contribution in [3.8, 4) is 0 Å². The van der Waals surface area contributed by atoms with E-state index in [0.29, 0.717) is 30.8 Å². The fraction of sp³-hybridized carbons (Fsp3) is 0.533. The molecule has 4 atom stereocenters. The number of carbonyl (C=O) groups excluding carboxylic acids is 1. The second kappa shape index (κ2) is 10.4. The van der Waals surface area contributed by atoms with Gasteiger partial charge in [0.2, 0.25) is 0 Å². The summed E-state index contributed by atoms with van der Waals surface area (Å²) in [5, 5.41) is 0. The summed E-state index contributed by atoms with van der Waals surface area (Å²) in [6.45, 7) is 8.68. The van der Waals surface area contributed by atoms with Crippen LogP contribution in [0.25, 0.3) is 5.57 Å². The zero-order valence-electron chi connectivity index (χ0n) is 21.1. The maximum Gasteiger partial charge on any atom is 0.306 e. The number of benzene rings is 1. The summed E-state index contributed by atoms with van der Waals surface area (Å²) in [6, 6.07) is 8.52. The largest absolute Gasteiger partial charge is 0.466 e. The third-order valence-corrected chi connectivity index (χ3v) is 8.31. The molecule has 4 unspecified atom stereocenters. The van der Waals surface area contributed by atoms with E-state index in [1.165, 1.54) is 41.3 Å². The molecule has 1 saturated carbocycles. The SMILES string of the molecule is CC.CCOC(=O)CCc1ccc2c(c1)CCC1C2CCC2(C)C(c3cncc(F)c3)=CCC12. The van der Waals surface area contributed by atoms with Crippen molar-refractivity contribution < 1.29 is 13.9 Å². The van der Waals surface area contributed by atoms with Gasteiger partial charge in [0, 0.05) is 12.6 Å². The lowest BCUT2D eigenvalue weighted by molar-refractivity contribution is -0.143. The van der Waals surface area contributed by atoms with Crippen LogP contribution >= 0.6 is 0 Å². The number of hydrogen-bond donors (Lipinski definition) is 0. The lowest BCUT2D eigenvalue weighted by atomic mass is 9.54. The number of pyridine rings is 1. The molecule has 1 aromatic carbocycles. The van der Waals surface area contributed by atoms with Crippen molar-refractivity contribution in [2.75, 3.05) is 6.61 Å². The molecule has 3 aliphatic carbocycles. The zero-order chi connectivity index (χ0) is 24.3. The Morgan fingerprint density at radius 2 is 2.03 bits per heavy atom. The van der Waals surface area contributed by atoms with Crippen LogP contribution in [0.2, 0.25) is 0 Å². The first-order valence-electron chi connectivity index (χ1n) is 13.1. The fourth-order valence-electron chi connectivity index (χ4n) is 6.84. The number of esters is 1. The van der Waals surface area contributed by atoms with Crippen LogP contribution in [0.5, 0.6) is 0 Å². The Bertz CT molecular complexity index is 1060. The van der Waals surface area contributed by atoms with Gasteiger partial charge in [0.25, 0.3) is 0 Å². The molecule has 0 amide bonds. The van der Waals surface area contributed by atoms with E-state index in [0.717, 1.165) is 31.2 Å². The number of nitrogens with zero attached hydrogens (tertiary/aromatic N) is 1. The van der Waals surface area contributed by atoms with Crippen LogP contribution in [0.1, 0.15) is 88.0 Å². The normalized spacial score (nSPS) is 26.9. The Hall–Kier alpha value is -2.49. The summed E-state index contributed by atoms with van der Waals surface area (Å²) in [4.78, 5) is 15.8. The van der Waals surface area contributed by atoms with E-state index in [2.05, 4.69) is 36.2 Å². The predicted molar refractivity (Wildman–Crippen MR) is 135 cm³/mol. The minimum absolute atomic E-state index is 0.105. The number of aromatic nitrogens is 1. The number of ether oxygens (including phenoxy) is 1. The van der Waals surface area contributed by atoms with Crippen molar-refractivity contribution >= 4 is 11.5 Å². The molecule has 34 heavy (non-hydrogen) atoms. The highest BCUT2D eigenvalue weighted by Crippen LogP contribution is 2.63. The molecule has 182 valence electrons. The third kappa shape index (κ3) is 4.56. The number of halogens is 1. The summed E-state index contributed by atoms with van der Waals surface area (Å²) in [6.07, 6.45) is 12.4. The fourth-order valence-corrected chi connectivity index (χ4v) is 6.84. The number of allylic oxidation sites excluding steroid dienone is 2. The minimum atomic E-state index is -0.255. The Morgan fingerprint density at radius 3 is 2.79 bits per heavy atom. The molecule has 2 aromatic rings. The van der Waals surface area contributed by atoms with Crippen LogP contribution in [0.4, 0.5) is 4.39 Å². The molecule has 3 aliphatic rings. The van der Waals surface area contributed by atoms with E-state index in [-0.39, 0.29) is 17.2 Å². The zero-order valence-corrected chi connectivity index (χ0v) is 21.1. The van der Waals surface area contributed by atoms with Crippen molar-refractivity contribution in [1.82, 2.24) is 4.98 Å². The quantitative estimate of drug-likeness (QED) is 0.437. The maximum atomic E-state index is 13.9. The molecule has 0 saturated heterocycles. The van der Waals surface area contributed by atoms with Gasteiger partial charge >= 0.3 is 5.97 Å². The molecule has 3 nitrogen and oxygen atoms in total. The maximum absolute atomic E-state index is 13.9. The van der Waals surface area contributed by atoms with Crippen LogP contribution in [-0.4, -0.2) is 17.6 Å². The Morgan fingerprint density at radius 1 is 1.21 bits per heavy atom. The van der Waals surface area contributed by atoms with Gasteiger partial charge in [-0.15, -0.1) is 0 Å². The van der Waals surface area contributed by atoms with Crippen LogP contribution in [-0.2, 0) is 22.4 Å². The lowest BCUT2D eigenvalue weighted by Crippen LogP contribution is -2.40. The second-order valence-corrected chi connectivity index (χ2v) is 9.96. The number of hydrogen-bond acceptors (Lipinski definition) is 3. The summed E-state index contributed by atoms with van der Waals surface area (Å²) in [5.74, 6) is 1.51. The number of fused-ring (bicyclic) bond motifs is 5. The molecule has 1 fully saturated rings. The van der Waals surface area contributed by atoms with Crippen LogP contribution < -0.4 is 0 Å². The monoisotopic (exact) mass is 463 g/mol. The molecule has 0 N–H and O–H groups in total. The molecular formula is C30H38FNO2. The number of rotatable bonds is 5. The first-order chi connectivity index (χ1) is 16.5. The van der Waals surface area contributed by atoms with Gasteiger partial charge in [0.15, 0.2) is 0 Å². The Kier molecular flexibility index (Phi) is 7.54. The molecule has 0 spiro atoms. The Labute approximate surface area is 203 Å². The van der Waals surface area contributed by atoms with Gasteiger partial charge in [-0.05, 0) is 103 Å². The van der Waals surface area contributed by atoms with E-state index in [9.17, 15) is 9.18 Å². The number of aryl methyl sites for hydroxylation is 2. The topological polar surface area (TPSA) is 39.2 Å². The summed E-state index contributed by atoms with van der Waals surface area (Å²) < 4.78 is 18.9. The van der Waals surface area contributed by atoms with Crippen molar-refractivity contribution in [3.63, 3.8) is 0 Å². The van der Waals surface area contributed by atoms with Gasteiger partial charge in [-0.1, -0.05) is 45.0 Å². The summed E-state index contributed by atoms with van der Waals surface area (Å²) in [5.41, 5.74) is 6.58. The van der Waals surface area contributed by atoms with Crippen LogP contribution in [0.15, 0.2) is 42.7 Å². The van der Waals surface area contributed by atoms with Crippen molar-refractivity contribution in [1.29, 1.82) is 0 Å². The third-order valence-electron chi connectivity index (χ3n) is 8.31. The van der Waals surface area contributed by atoms with Gasteiger partial charge in [0.05, 0.1) is 12.8 Å². The van der Waals surface area contributed by atoms with Gasteiger partial charge in [-0.25, -0.2) is 4.39 Å². The van der Waals surface area contributed by atoms with Crippen molar-refractivity contribution in [2.45, 2.75) is 78.6 Å². The average molecular weight is 464 g/mol. The highest BCUT2D eigenvalue weighted by molar-refractivity contribution is 5.72. The first-order valence-corrected chi connectivity index (χ1v) is 13.1. The smallest absolute Gasteiger partial charge is 0.306 e. The average Bonchev–Trinajstić information content (AvgIpc) is 3.21. The van der Waals surface area contributed by atoms with Crippen molar-refractivity contribution in [3.05, 3.63) is 70.8 Å². The van der Waals surface area contributed by atoms with E-state index in [1.807, 2.05) is 27.0 Å². The van der Waals surface area contributed by atoms with Crippen molar-refractivity contribution in [2.24, 2.45) is 17.3 Å². The van der Waals surface area contributed by atoms with Crippen LogP contribution in [0, 0.1) is 23.1 Å². The van der Waals surface area contributed by atoms with Crippen LogP contribution in [0.3, 0.4) is 0 Å². The molecule has 0 aliphatic heterocycles. The van der Waals surface area contributed by atoms with Gasteiger partial charge in [-0.3, -0.25) is 9.78 Å². The lowest BCUT2D eigenvalue weighted by Gasteiger charge is -2.50. The molecule has 0 radical (unpaired) electrons. The summed E-state index contributed by atoms with van der Waals surface area (Å²) in [7, 11) is 0. The molecule has 0 bridgehead atoms. The Balaban J connectivity index is 0.00000133. The predicted octanol–water partition coefficient (Wildman–Crippen LogP) is 7.29. The highest BCUT2D eigenvalue weighted by Gasteiger charge is 2.51. The standard InChI is InChI=1S/C28H32FNO2.C2H6/c1-3-32-27(31)11-5-18-4-7-22-19(14-18)6-8-24-23(22)12-13-28(2)25(9-10-26(24)28)20-15-21(29)17-30-16-20;1-2/h4,7,9,14-17,23-24,26H,3,5-6,8,10-13H2,1-2H3;1-2H3. The summed E-state index contributed by atoms with van der Waals surface area (Å²) >= 11 is 0. The highest BCUT2D eigenvalue weighted by atomic mass is 19.1. The van der Waals surface area contributed by atoms with Gasteiger partial charge in [-0.2, -0.15) is 0 Å². The van der Waals surface area contributed by atoms with E-state index >= 15 is 0 Å². The second-order valence-electron chi connectivity index (χ2n) is 9.96. The molecule has 1 aromatic heterocycles. The molecule has 1 heterocycles. The molecule has 5 rings (SSSR count). The van der Waals surface area contributed by atoms with Gasteiger partial charge in [0.1, 0.15) is 5.82 Å².